The number of benzene rings is 1. The molecule has 3 heterocycles. The number of ether oxygens (including phenoxy) is 2. The number of rotatable bonds is 6. The summed E-state index contributed by atoms with van der Waals surface area (Å²) in [6.07, 6.45) is 5.60. The minimum Gasteiger partial charge on any atom is -0.497 e. The highest BCUT2D eigenvalue weighted by atomic mass is 16.5. The quantitative estimate of drug-likeness (QED) is 0.745. The predicted molar refractivity (Wildman–Crippen MR) is 120 cm³/mol. The van der Waals surface area contributed by atoms with Crippen molar-refractivity contribution in [2.45, 2.75) is 45.1 Å². The fourth-order valence-corrected chi connectivity index (χ4v) is 4.34. The standard InChI is InChI=1S/C24H30N4O4/c1-16-25-15-20(23(29)27-18-5-7-19(31-2)8-6-18)21(26-16)14-17-9-11-28(12-10-17)24(30)22-4-3-13-32-22/h5-8,15,17,22H,3-4,9-14H2,1-2H3,(H,27,29). The molecule has 0 bridgehead atoms. The van der Waals surface area contributed by atoms with Gasteiger partial charge in [0.05, 0.1) is 18.4 Å². The zero-order valence-corrected chi connectivity index (χ0v) is 18.7. The molecule has 32 heavy (non-hydrogen) atoms. The van der Waals surface area contributed by atoms with E-state index in [1.807, 2.05) is 11.8 Å². The van der Waals surface area contributed by atoms with Gasteiger partial charge >= 0.3 is 0 Å². The number of aryl methyl sites for hydroxylation is 1. The second-order valence-electron chi connectivity index (χ2n) is 8.43. The molecule has 0 radical (unpaired) electrons. The molecule has 0 spiro atoms. The van der Waals surface area contributed by atoms with Crippen molar-refractivity contribution in [3.05, 3.63) is 47.5 Å². The highest BCUT2D eigenvalue weighted by Gasteiger charge is 2.31. The van der Waals surface area contributed by atoms with Gasteiger partial charge in [0.25, 0.3) is 11.8 Å². The first-order valence-electron chi connectivity index (χ1n) is 11.2. The summed E-state index contributed by atoms with van der Waals surface area (Å²) in [7, 11) is 1.60. The normalized spacial score (nSPS) is 19.1. The van der Waals surface area contributed by atoms with Gasteiger partial charge in [-0.1, -0.05) is 0 Å². The Balaban J connectivity index is 1.39. The average molecular weight is 439 g/mol. The molecular formula is C24H30N4O4. The van der Waals surface area contributed by atoms with E-state index in [4.69, 9.17) is 9.47 Å². The van der Waals surface area contributed by atoms with E-state index in [0.717, 1.165) is 50.2 Å². The molecule has 1 atom stereocenters. The zero-order valence-electron chi connectivity index (χ0n) is 18.7. The molecule has 1 aromatic heterocycles. The number of piperidine rings is 1. The molecule has 2 aliphatic rings. The van der Waals surface area contributed by atoms with E-state index in [0.29, 0.717) is 36.0 Å². The summed E-state index contributed by atoms with van der Waals surface area (Å²) in [6.45, 7) is 3.96. The third-order valence-electron chi connectivity index (χ3n) is 6.19. The SMILES string of the molecule is COc1ccc(NC(=O)c2cnc(C)nc2CC2CCN(C(=O)C3CCCO3)CC2)cc1. The summed E-state index contributed by atoms with van der Waals surface area (Å²) >= 11 is 0. The Morgan fingerprint density at radius 3 is 2.59 bits per heavy atom. The van der Waals surface area contributed by atoms with Crippen LogP contribution >= 0.6 is 0 Å². The topological polar surface area (TPSA) is 93.6 Å². The maximum absolute atomic E-state index is 12.9. The van der Waals surface area contributed by atoms with Crippen LogP contribution < -0.4 is 10.1 Å². The lowest BCUT2D eigenvalue weighted by Gasteiger charge is -2.33. The molecule has 2 saturated heterocycles. The van der Waals surface area contributed by atoms with Crippen molar-refractivity contribution in [3.63, 3.8) is 0 Å². The van der Waals surface area contributed by atoms with E-state index in [9.17, 15) is 9.59 Å². The van der Waals surface area contributed by atoms with Gasteiger partial charge in [-0.3, -0.25) is 9.59 Å². The van der Waals surface area contributed by atoms with Crippen molar-refractivity contribution >= 4 is 17.5 Å². The lowest BCUT2D eigenvalue weighted by Crippen LogP contribution is -2.44. The number of hydrogen-bond acceptors (Lipinski definition) is 6. The van der Waals surface area contributed by atoms with Gasteiger partial charge < -0.3 is 19.7 Å². The molecule has 1 N–H and O–H groups in total. The van der Waals surface area contributed by atoms with Gasteiger partial charge in [0.1, 0.15) is 17.7 Å². The van der Waals surface area contributed by atoms with E-state index in [-0.39, 0.29) is 17.9 Å². The fourth-order valence-electron chi connectivity index (χ4n) is 4.34. The van der Waals surface area contributed by atoms with Gasteiger partial charge in [-0.05, 0) is 69.2 Å². The Morgan fingerprint density at radius 2 is 1.94 bits per heavy atom. The number of methoxy groups -OCH3 is 1. The third kappa shape index (κ3) is 5.24. The number of aromatic nitrogens is 2. The second-order valence-corrected chi connectivity index (χ2v) is 8.43. The molecular weight excluding hydrogens is 408 g/mol. The minimum absolute atomic E-state index is 0.124. The van der Waals surface area contributed by atoms with Gasteiger partial charge in [-0.25, -0.2) is 9.97 Å². The van der Waals surface area contributed by atoms with E-state index in [1.54, 1.807) is 37.6 Å². The third-order valence-corrected chi connectivity index (χ3v) is 6.19. The molecule has 1 unspecified atom stereocenters. The maximum atomic E-state index is 12.9. The highest BCUT2D eigenvalue weighted by molar-refractivity contribution is 6.04. The Kier molecular flexibility index (Phi) is 6.99. The van der Waals surface area contributed by atoms with Crippen LogP contribution in [0.3, 0.4) is 0 Å². The Hall–Kier alpha value is -3.00. The molecule has 0 aliphatic carbocycles. The smallest absolute Gasteiger partial charge is 0.259 e. The Labute approximate surface area is 188 Å². The molecule has 8 nitrogen and oxygen atoms in total. The van der Waals surface area contributed by atoms with Crippen molar-refractivity contribution in [1.29, 1.82) is 0 Å². The van der Waals surface area contributed by atoms with Crippen LogP contribution in [0.2, 0.25) is 0 Å². The zero-order chi connectivity index (χ0) is 22.5. The van der Waals surface area contributed by atoms with Gasteiger partial charge in [0, 0.05) is 31.6 Å². The summed E-state index contributed by atoms with van der Waals surface area (Å²) in [6, 6.07) is 7.19. The summed E-state index contributed by atoms with van der Waals surface area (Å²) < 4.78 is 10.7. The lowest BCUT2D eigenvalue weighted by molar-refractivity contribution is -0.142. The number of hydrogen-bond donors (Lipinski definition) is 1. The summed E-state index contributed by atoms with van der Waals surface area (Å²) in [5, 5.41) is 2.92. The van der Waals surface area contributed by atoms with Gasteiger partial charge in [0.2, 0.25) is 0 Å². The number of likely N-dealkylation sites (tertiary alicyclic amines) is 1. The van der Waals surface area contributed by atoms with Crippen molar-refractivity contribution < 1.29 is 19.1 Å². The molecule has 2 fully saturated rings. The van der Waals surface area contributed by atoms with E-state index in [2.05, 4.69) is 15.3 Å². The fraction of sp³-hybridized carbons (Fsp3) is 0.500. The number of carbonyl (C=O) groups excluding carboxylic acids is 2. The van der Waals surface area contributed by atoms with Gasteiger partial charge in [0.15, 0.2) is 0 Å². The number of carbonyl (C=O) groups is 2. The van der Waals surface area contributed by atoms with Crippen molar-refractivity contribution in [2.75, 3.05) is 32.1 Å². The highest BCUT2D eigenvalue weighted by Crippen LogP contribution is 2.25. The van der Waals surface area contributed by atoms with Crippen LogP contribution in [-0.4, -0.2) is 59.6 Å². The van der Waals surface area contributed by atoms with Crippen LogP contribution in [0, 0.1) is 12.8 Å². The first-order chi connectivity index (χ1) is 15.5. The number of anilines is 1. The Bertz CT molecular complexity index is 949. The van der Waals surface area contributed by atoms with Crippen molar-refractivity contribution in [3.8, 4) is 5.75 Å². The molecule has 1 aromatic carbocycles. The average Bonchev–Trinajstić information content (AvgIpc) is 3.35. The van der Waals surface area contributed by atoms with E-state index in [1.165, 1.54) is 0 Å². The van der Waals surface area contributed by atoms with E-state index < -0.39 is 0 Å². The number of amides is 2. The van der Waals surface area contributed by atoms with Gasteiger partial charge in [-0.15, -0.1) is 0 Å². The second kappa shape index (κ2) is 10.1. The molecule has 4 rings (SSSR count). The van der Waals surface area contributed by atoms with Crippen LogP contribution in [0.5, 0.6) is 5.75 Å². The Morgan fingerprint density at radius 1 is 1.19 bits per heavy atom. The van der Waals surface area contributed by atoms with Crippen LogP contribution in [-0.2, 0) is 16.0 Å². The monoisotopic (exact) mass is 438 g/mol. The maximum Gasteiger partial charge on any atom is 0.259 e. The van der Waals surface area contributed by atoms with Crippen LogP contribution in [0.25, 0.3) is 0 Å². The molecule has 2 aromatic rings. The van der Waals surface area contributed by atoms with E-state index >= 15 is 0 Å². The largest absolute Gasteiger partial charge is 0.497 e. The number of nitrogens with one attached hydrogen (secondary N) is 1. The molecule has 2 aliphatic heterocycles. The minimum atomic E-state index is -0.260. The van der Waals surface area contributed by atoms with Crippen molar-refractivity contribution in [2.24, 2.45) is 5.92 Å². The first-order valence-corrected chi connectivity index (χ1v) is 11.2. The summed E-state index contributed by atoms with van der Waals surface area (Å²) in [5.74, 6) is 1.64. The van der Waals surface area contributed by atoms with Crippen LogP contribution in [0.15, 0.2) is 30.5 Å². The predicted octanol–water partition coefficient (Wildman–Crippen LogP) is 3.01. The molecule has 0 saturated carbocycles. The van der Waals surface area contributed by atoms with Crippen molar-refractivity contribution in [1.82, 2.24) is 14.9 Å². The lowest BCUT2D eigenvalue weighted by atomic mass is 9.90. The summed E-state index contributed by atoms with van der Waals surface area (Å²) in [4.78, 5) is 36.3. The van der Waals surface area contributed by atoms with Crippen LogP contribution in [0.1, 0.15) is 47.6 Å². The summed E-state index contributed by atoms with van der Waals surface area (Å²) in [5.41, 5.74) is 1.93. The number of nitrogens with zero attached hydrogens (tertiary/aromatic N) is 3. The van der Waals surface area contributed by atoms with Gasteiger partial charge in [-0.2, -0.15) is 0 Å². The molecule has 8 heteroatoms. The van der Waals surface area contributed by atoms with Crippen LogP contribution in [0.4, 0.5) is 5.69 Å². The first kappa shape index (κ1) is 22.2. The molecule has 170 valence electrons. The molecule has 2 amide bonds.